The molecule has 1 heterocycles. The van der Waals surface area contributed by atoms with Gasteiger partial charge in [0.15, 0.2) is 0 Å². The summed E-state index contributed by atoms with van der Waals surface area (Å²) in [5, 5.41) is 4.85. The van der Waals surface area contributed by atoms with E-state index in [1.807, 2.05) is 48.7 Å². The van der Waals surface area contributed by atoms with Crippen LogP contribution in [-0.4, -0.2) is 5.91 Å². The number of rotatable bonds is 4. The number of benzene rings is 1. The fourth-order valence-electron chi connectivity index (χ4n) is 1.76. The van der Waals surface area contributed by atoms with Crippen molar-refractivity contribution >= 4 is 33.2 Å². The number of hydrogen-bond acceptors (Lipinski definition) is 3. The van der Waals surface area contributed by atoms with Crippen LogP contribution in [-0.2, 0) is 4.79 Å². The molecule has 0 bridgehead atoms. The van der Waals surface area contributed by atoms with Gasteiger partial charge in [-0.2, -0.15) is 0 Å². The lowest BCUT2D eigenvalue weighted by atomic mass is 10.1. The highest BCUT2D eigenvalue weighted by atomic mass is 79.9. The smallest absolute Gasteiger partial charge is 0.242 e. The molecule has 2 rings (SSSR count). The molecule has 0 spiro atoms. The molecule has 100 valence electrons. The first-order valence-electron chi connectivity index (χ1n) is 5.93. The molecule has 1 aromatic carbocycles. The van der Waals surface area contributed by atoms with Crippen LogP contribution in [0.4, 0.5) is 0 Å². The Morgan fingerprint density at radius 3 is 2.79 bits per heavy atom. The fraction of sp³-hybridized carbons (Fsp3) is 0.214. The Morgan fingerprint density at radius 1 is 1.37 bits per heavy atom. The first kappa shape index (κ1) is 14.2. The minimum Gasteiger partial charge on any atom is -0.348 e. The summed E-state index contributed by atoms with van der Waals surface area (Å²) in [6, 6.07) is 11.0. The van der Waals surface area contributed by atoms with Crippen LogP contribution >= 0.6 is 27.3 Å². The molecule has 0 saturated carbocycles. The molecule has 19 heavy (non-hydrogen) atoms. The molecule has 2 unspecified atom stereocenters. The first-order chi connectivity index (χ1) is 9.08. The molecule has 2 aromatic rings. The standard InChI is InChI=1S/C14H15BrN2OS/c1-9(10-4-2-5-11(15)8-10)17-14(18)13(16)12-6-3-7-19-12/h2-9,13H,16H2,1H3,(H,17,18). The second-order valence-corrected chi connectivity index (χ2v) is 6.17. The summed E-state index contributed by atoms with van der Waals surface area (Å²) in [5.41, 5.74) is 6.97. The Balaban J connectivity index is 2.03. The van der Waals surface area contributed by atoms with Crippen LogP contribution in [0.2, 0.25) is 0 Å². The zero-order valence-electron chi connectivity index (χ0n) is 10.5. The maximum Gasteiger partial charge on any atom is 0.242 e. The maximum absolute atomic E-state index is 12.1. The second-order valence-electron chi connectivity index (χ2n) is 4.28. The van der Waals surface area contributed by atoms with Crippen LogP contribution in [0.15, 0.2) is 46.3 Å². The molecule has 0 aliphatic rings. The summed E-state index contributed by atoms with van der Waals surface area (Å²) in [4.78, 5) is 12.9. The van der Waals surface area contributed by atoms with Gasteiger partial charge in [-0.1, -0.05) is 34.1 Å². The van der Waals surface area contributed by atoms with Crippen LogP contribution in [0.1, 0.15) is 29.4 Å². The van der Waals surface area contributed by atoms with Crippen molar-refractivity contribution < 1.29 is 4.79 Å². The molecule has 0 aliphatic carbocycles. The van der Waals surface area contributed by atoms with Crippen molar-refractivity contribution in [3.63, 3.8) is 0 Å². The number of carbonyl (C=O) groups is 1. The maximum atomic E-state index is 12.1. The number of nitrogens with two attached hydrogens (primary N) is 1. The van der Waals surface area contributed by atoms with Crippen molar-refractivity contribution in [2.45, 2.75) is 19.0 Å². The summed E-state index contributed by atoms with van der Waals surface area (Å²) in [7, 11) is 0. The third kappa shape index (κ3) is 3.65. The molecule has 0 aliphatic heterocycles. The summed E-state index contributed by atoms with van der Waals surface area (Å²) < 4.78 is 0.994. The molecule has 5 heteroatoms. The second kappa shape index (κ2) is 6.32. The van der Waals surface area contributed by atoms with E-state index in [4.69, 9.17) is 5.73 Å². The number of thiophene rings is 1. The monoisotopic (exact) mass is 338 g/mol. The quantitative estimate of drug-likeness (QED) is 0.897. The van der Waals surface area contributed by atoms with Gasteiger partial charge in [0.05, 0.1) is 6.04 Å². The zero-order valence-corrected chi connectivity index (χ0v) is 12.9. The van der Waals surface area contributed by atoms with Gasteiger partial charge in [-0.3, -0.25) is 4.79 Å². The van der Waals surface area contributed by atoms with E-state index >= 15 is 0 Å². The highest BCUT2D eigenvalue weighted by Crippen LogP contribution is 2.20. The summed E-state index contributed by atoms with van der Waals surface area (Å²) >= 11 is 4.91. The molecule has 2 atom stereocenters. The van der Waals surface area contributed by atoms with Crippen molar-refractivity contribution in [1.29, 1.82) is 0 Å². The Labute approximate surface area is 125 Å². The highest BCUT2D eigenvalue weighted by molar-refractivity contribution is 9.10. The van der Waals surface area contributed by atoms with E-state index < -0.39 is 6.04 Å². The average molecular weight is 339 g/mol. The van der Waals surface area contributed by atoms with E-state index in [0.29, 0.717) is 0 Å². The number of nitrogens with one attached hydrogen (secondary N) is 1. The lowest BCUT2D eigenvalue weighted by Gasteiger charge is -2.17. The Kier molecular flexibility index (Phi) is 4.74. The lowest BCUT2D eigenvalue weighted by Crippen LogP contribution is -2.35. The van der Waals surface area contributed by atoms with Gasteiger partial charge in [-0.25, -0.2) is 0 Å². The van der Waals surface area contributed by atoms with Gasteiger partial charge in [-0.05, 0) is 36.1 Å². The Morgan fingerprint density at radius 2 is 2.16 bits per heavy atom. The molecule has 1 amide bonds. The lowest BCUT2D eigenvalue weighted by molar-refractivity contribution is -0.123. The van der Waals surface area contributed by atoms with Crippen LogP contribution in [0.5, 0.6) is 0 Å². The first-order valence-corrected chi connectivity index (χ1v) is 7.60. The predicted octanol–water partition coefficient (Wildman–Crippen LogP) is 3.39. The third-order valence-corrected chi connectivity index (χ3v) is 4.29. The molecule has 0 radical (unpaired) electrons. The number of carbonyl (C=O) groups excluding carboxylic acids is 1. The van der Waals surface area contributed by atoms with Gasteiger partial charge in [0, 0.05) is 9.35 Å². The van der Waals surface area contributed by atoms with Crippen molar-refractivity contribution in [2.75, 3.05) is 0 Å². The topological polar surface area (TPSA) is 55.1 Å². The van der Waals surface area contributed by atoms with Crippen molar-refractivity contribution in [3.8, 4) is 0 Å². The highest BCUT2D eigenvalue weighted by Gasteiger charge is 2.19. The molecule has 0 fully saturated rings. The molecule has 3 N–H and O–H groups in total. The van der Waals surface area contributed by atoms with E-state index in [1.54, 1.807) is 0 Å². The number of hydrogen-bond donors (Lipinski definition) is 2. The van der Waals surface area contributed by atoms with E-state index in [-0.39, 0.29) is 11.9 Å². The SMILES string of the molecule is CC(NC(=O)C(N)c1cccs1)c1cccc(Br)c1. The fourth-order valence-corrected chi connectivity index (χ4v) is 2.90. The van der Waals surface area contributed by atoms with Crippen molar-refractivity contribution in [1.82, 2.24) is 5.32 Å². The molecule has 0 saturated heterocycles. The van der Waals surface area contributed by atoms with Crippen molar-refractivity contribution in [2.24, 2.45) is 5.73 Å². The zero-order chi connectivity index (χ0) is 13.8. The van der Waals surface area contributed by atoms with E-state index in [9.17, 15) is 4.79 Å². The number of halogens is 1. The van der Waals surface area contributed by atoms with Gasteiger partial charge in [0.1, 0.15) is 6.04 Å². The van der Waals surface area contributed by atoms with Crippen LogP contribution in [0.3, 0.4) is 0 Å². The molecular formula is C14H15BrN2OS. The van der Waals surface area contributed by atoms with E-state index in [0.717, 1.165) is 14.9 Å². The molecular weight excluding hydrogens is 324 g/mol. The van der Waals surface area contributed by atoms with Crippen molar-refractivity contribution in [3.05, 3.63) is 56.7 Å². The van der Waals surface area contributed by atoms with Gasteiger partial charge < -0.3 is 11.1 Å². The summed E-state index contributed by atoms with van der Waals surface area (Å²) in [6.45, 7) is 1.95. The van der Waals surface area contributed by atoms with Crippen LogP contribution in [0, 0.1) is 0 Å². The van der Waals surface area contributed by atoms with Gasteiger partial charge >= 0.3 is 0 Å². The normalized spacial score (nSPS) is 13.8. The van der Waals surface area contributed by atoms with E-state index in [1.165, 1.54) is 11.3 Å². The Hall–Kier alpha value is -1.17. The molecule has 3 nitrogen and oxygen atoms in total. The minimum atomic E-state index is -0.602. The minimum absolute atomic E-state index is 0.0731. The van der Waals surface area contributed by atoms with Gasteiger partial charge in [0.2, 0.25) is 5.91 Å². The van der Waals surface area contributed by atoms with Crippen LogP contribution < -0.4 is 11.1 Å². The van der Waals surface area contributed by atoms with Crippen LogP contribution in [0.25, 0.3) is 0 Å². The largest absolute Gasteiger partial charge is 0.348 e. The summed E-state index contributed by atoms with van der Waals surface area (Å²) in [5.74, 6) is -0.157. The van der Waals surface area contributed by atoms with Gasteiger partial charge in [-0.15, -0.1) is 11.3 Å². The predicted molar refractivity (Wildman–Crippen MR) is 81.9 cm³/mol. The Bertz CT molecular complexity index is 556. The molecule has 1 aromatic heterocycles. The van der Waals surface area contributed by atoms with Gasteiger partial charge in [0.25, 0.3) is 0 Å². The number of amides is 1. The third-order valence-electron chi connectivity index (χ3n) is 2.84. The van der Waals surface area contributed by atoms with E-state index in [2.05, 4.69) is 21.2 Å². The summed E-state index contributed by atoms with van der Waals surface area (Å²) in [6.07, 6.45) is 0. The average Bonchev–Trinajstić information content (AvgIpc) is 2.91.